The molecule has 0 bridgehead atoms. The van der Waals surface area contributed by atoms with Gasteiger partial charge >= 0.3 is 0 Å². The predicted molar refractivity (Wildman–Crippen MR) is 83.7 cm³/mol. The lowest BCUT2D eigenvalue weighted by atomic mass is 10.1. The van der Waals surface area contributed by atoms with Crippen LogP contribution in [0.2, 0.25) is 0 Å². The molecule has 1 amide bonds. The van der Waals surface area contributed by atoms with Gasteiger partial charge in [0.05, 0.1) is 19.6 Å². The van der Waals surface area contributed by atoms with Gasteiger partial charge in [-0.25, -0.2) is 8.78 Å². The van der Waals surface area contributed by atoms with Gasteiger partial charge in [0.15, 0.2) is 0 Å². The number of amides is 1. The summed E-state index contributed by atoms with van der Waals surface area (Å²) in [5, 5.41) is 8.00. The van der Waals surface area contributed by atoms with Crippen LogP contribution in [-0.2, 0) is 16.0 Å². The number of halogens is 2. The standard InChI is InChI=1S/C17H19F2N3O3/c1-10(2)16-20-21-17(25-16)14-9-24-6-5-22(14)15(23)7-11-3-4-12(18)8-13(11)19/h3-4,8,10,14H,5-7,9H2,1-2H3/t14-/m1/s1. The predicted octanol–water partition coefficient (Wildman–Crippen LogP) is 2.61. The highest BCUT2D eigenvalue weighted by Crippen LogP contribution is 2.26. The van der Waals surface area contributed by atoms with E-state index in [-0.39, 0.29) is 30.4 Å². The van der Waals surface area contributed by atoms with E-state index in [2.05, 4.69) is 10.2 Å². The van der Waals surface area contributed by atoms with Gasteiger partial charge in [0, 0.05) is 18.5 Å². The van der Waals surface area contributed by atoms with Crippen molar-refractivity contribution in [2.45, 2.75) is 32.2 Å². The van der Waals surface area contributed by atoms with Crippen LogP contribution in [0.3, 0.4) is 0 Å². The quantitative estimate of drug-likeness (QED) is 0.847. The van der Waals surface area contributed by atoms with Gasteiger partial charge in [0.2, 0.25) is 17.7 Å². The molecule has 0 aliphatic carbocycles. The number of carbonyl (C=O) groups excluding carboxylic acids is 1. The maximum atomic E-state index is 13.8. The molecule has 8 heteroatoms. The van der Waals surface area contributed by atoms with Crippen LogP contribution in [0, 0.1) is 11.6 Å². The monoisotopic (exact) mass is 351 g/mol. The molecule has 0 spiro atoms. The average Bonchev–Trinajstić information content (AvgIpc) is 3.07. The second kappa shape index (κ2) is 7.26. The van der Waals surface area contributed by atoms with Crippen LogP contribution in [-0.4, -0.2) is 40.8 Å². The molecule has 0 N–H and O–H groups in total. The van der Waals surface area contributed by atoms with Crippen molar-refractivity contribution in [3.8, 4) is 0 Å². The summed E-state index contributed by atoms with van der Waals surface area (Å²) in [7, 11) is 0. The molecule has 1 aromatic heterocycles. The highest BCUT2D eigenvalue weighted by Gasteiger charge is 2.33. The van der Waals surface area contributed by atoms with E-state index in [0.717, 1.165) is 12.1 Å². The first kappa shape index (κ1) is 17.5. The molecule has 1 aliphatic rings. The van der Waals surface area contributed by atoms with Crippen molar-refractivity contribution in [2.75, 3.05) is 19.8 Å². The average molecular weight is 351 g/mol. The van der Waals surface area contributed by atoms with Crippen LogP contribution in [0.25, 0.3) is 0 Å². The smallest absolute Gasteiger partial charge is 0.241 e. The van der Waals surface area contributed by atoms with Crippen molar-refractivity contribution >= 4 is 5.91 Å². The Morgan fingerprint density at radius 3 is 2.84 bits per heavy atom. The first-order valence-electron chi connectivity index (χ1n) is 8.10. The summed E-state index contributed by atoms with van der Waals surface area (Å²) in [4.78, 5) is 14.2. The van der Waals surface area contributed by atoms with Crippen LogP contribution in [0.5, 0.6) is 0 Å². The summed E-state index contributed by atoms with van der Waals surface area (Å²) >= 11 is 0. The maximum Gasteiger partial charge on any atom is 0.241 e. The summed E-state index contributed by atoms with van der Waals surface area (Å²) in [5.74, 6) is -0.858. The van der Waals surface area contributed by atoms with Gasteiger partial charge in [-0.1, -0.05) is 19.9 Å². The van der Waals surface area contributed by atoms with Crippen molar-refractivity contribution < 1.29 is 22.7 Å². The number of carbonyl (C=O) groups is 1. The first-order valence-corrected chi connectivity index (χ1v) is 8.10. The van der Waals surface area contributed by atoms with Crippen molar-refractivity contribution in [2.24, 2.45) is 0 Å². The minimum atomic E-state index is -0.738. The van der Waals surface area contributed by atoms with Crippen LogP contribution < -0.4 is 0 Å². The number of nitrogens with zero attached hydrogens (tertiary/aromatic N) is 3. The van der Waals surface area contributed by atoms with Crippen LogP contribution in [0.1, 0.15) is 43.2 Å². The third kappa shape index (κ3) is 3.84. The zero-order valence-electron chi connectivity index (χ0n) is 14.0. The molecule has 6 nitrogen and oxygen atoms in total. The SMILES string of the molecule is CC(C)c1nnc([C@H]2COCCN2C(=O)Cc2ccc(F)cc2F)o1. The molecule has 134 valence electrons. The van der Waals surface area contributed by atoms with E-state index in [1.54, 1.807) is 4.90 Å². The lowest BCUT2D eigenvalue weighted by Gasteiger charge is -2.33. The normalized spacial score (nSPS) is 18.0. The molecule has 25 heavy (non-hydrogen) atoms. The molecule has 1 aromatic carbocycles. The largest absolute Gasteiger partial charge is 0.423 e. The Morgan fingerprint density at radius 2 is 2.16 bits per heavy atom. The van der Waals surface area contributed by atoms with Crippen LogP contribution in [0.4, 0.5) is 8.78 Å². The highest BCUT2D eigenvalue weighted by molar-refractivity contribution is 5.79. The Balaban J connectivity index is 1.78. The Morgan fingerprint density at radius 1 is 1.36 bits per heavy atom. The fourth-order valence-corrected chi connectivity index (χ4v) is 2.65. The fourth-order valence-electron chi connectivity index (χ4n) is 2.65. The number of ether oxygens (including phenoxy) is 1. The molecule has 1 aliphatic heterocycles. The van der Waals surface area contributed by atoms with Gasteiger partial charge in [-0.05, 0) is 11.6 Å². The summed E-state index contributed by atoms with van der Waals surface area (Å²) in [6, 6.07) is 2.67. The van der Waals surface area contributed by atoms with E-state index in [4.69, 9.17) is 9.15 Å². The number of hydrogen-bond acceptors (Lipinski definition) is 5. The molecule has 2 aromatic rings. The molecule has 0 radical (unpaired) electrons. The van der Waals surface area contributed by atoms with Crippen LogP contribution in [0.15, 0.2) is 22.6 Å². The van der Waals surface area contributed by atoms with Gasteiger partial charge in [0.1, 0.15) is 17.7 Å². The number of morpholine rings is 1. The van der Waals surface area contributed by atoms with E-state index < -0.39 is 17.7 Å². The van der Waals surface area contributed by atoms with Gasteiger partial charge in [-0.15, -0.1) is 10.2 Å². The van der Waals surface area contributed by atoms with Gasteiger partial charge < -0.3 is 14.1 Å². The number of aromatic nitrogens is 2. The summed E-state index contributed by atoms with van der Waals surface area (Å²) in [6.07, 6.45) is -0.173. The minimum absolute atomic E-state index is 0.0724. The molecule has 1 fully saturated rings. The summed E-state index contributed by atoms with van der Waals surface area (Å²) in [5.41, 5.74) is 0.144. The van der Waals surface area contributed by atoms with Crippen molar-refractivity contribution in [1.82, 2.24) is 15.1 Å². The molecular weight excluding hydrogens is 332 g/mol. The number of rotatable bonds is 4. The zero-order valence-corrected chi connectivity index (χ0v) is 14.0. The van der Waals surface area contributed by atoms with E-state index in [1.807, 2.05) is 13.8 Å². The highest BCUT2D eigenvalue weighted by atomic mass is 19.1. The maximum absolute atomic E-state index is 13.8. The number of benzene rings is 1. The third-order valence-corrected chi connectivity index (χ3v) is 4.04. The molecule has 3 rings (SSSR count). The molecular formula is C17H19F2N3O3. The van der Waals surface area contributed by atoms with Crippen molar-refractivity contribution in [3.05, 3.63) is 47.2 Å². The van der Waals surface area contributed by atoms with Crippen molar-refractivity contribution in [1.29, 1.82) is 0 Å². The molecule has 1 atom stereocenters. The minimum Gasteiger partial charge on any atom is -0.423 e. The Bertz CT molecular complexity index is 763. The van der Waals surface area contributed by atoms with E-state index in [1.165, 1.54) is 6.07 Å². The second-order valence-corrected chi connectivity index (χ2v) is 6.22. The zero-order chi connectivity index (χ0) is 18.0. The Hall–Kier alpha value is -2.35. The van der Waals surface area contributed by atoms with Gasteiger partial charge in [0.25, 0.3) is 0 Å². The van der Waals surface area contributed by atoms with E-state index >= 15 is 0 Å². The Labute approximate surface area is 143 Å². The Kier molecular flexibility index (Phi) is 5.08. The topological polar surface area (TPSA) is 68.5 Å². The van der Waals surface area contributed by atoms with Gasteiger partial charge in [-0.3, -0.25) is 4.79 Å². The lowest BCUT2D eigenvalue weighted by molar-refractivity contribution is -0.140. The second-order valence-electron chi connectivity index (χ2n) is 6.22. The van der Waals surface area contributed by atoms with E-state index in [0.29, 0.717) is 24.9 Å². The third-order valence-electron chi connectivity index (χ3n) is 4.04. The number of hydrogen-bond donors (Lipinski definition) is 0. The molecule has 1 saturated heterocycles. The van der Waals surface area contributed by atoms with Gasteiger partial charge in [-0.2, -0.15) is 0 Å². The summed E-state index contributed by atoms with van der Waals surface area (Å²) in [6.45, 7) is 4.80. The summed E-state index contributed by atoms with van der Waals surface area (Å²) < 4.78 is 37.9. The molecule has 0 unspecified atom stereocenters. The molecule has 2 heterocycles. The lowest BCUT2D eigenvalue weighted by Crippen LogP contribution is -2.44. The van der Waals surface area contributed by atoms with Crippen LogP contribution >= 0.6 is 0 Å². The van der Waals surface area contributed by atoms with Crippen molar-refractivity contribution in [3.63, 3.8) is 0 Å². The van der Waals surface area contributed by atoms with E-state index in [9.17, 15) is 13.6 Å². The molecule has 0 saturated carbocycles. The fraction of sp³-hybridized carbons (Fsp3) is 0.471. The first-order chi connectivity index (χ1) is 12.0.